The van der Waals surface area contributed by atoms with Crippen molar-refractivity contribution >= 4 is 0 Å². The molecule has 14 heavy (non-hydrogen) atoms. The minimum absolute atomic E-state index is 0.386. The molecule has 0 aliphatic carbocycles. The molecule has 0 bridgehead atoms. The minimum atomic E-state index is 0.386. The van der Waals surface area contributed by atoms with Crippen molar-refractivity contribution in [3.05, 3.63) is 12.3 Å². The largest absolute Gasteiger partial charge is 0.496 e. The van der Waals surface area contributed by atoms with E-state index in [9.17, 15) is 0 Å². The molecule has 0 fully saturated rings. The summed E-state index contributed by atoms with van der Waals surface area (Å²) in [6.07, 6.45) is 0. The van der Waals surface area contributed by atoms with Crippen LogP contribution in [0, 0.1) is 5.92 Å². The van der Waals surface area contributed by atoms with Crippen LogP contribution in [0.25, 0.3) is 0 Å². The third kappa shape index (κ3) is 8.08. The lowest BCUT2D eigenvalue weighted by Gasteiger charge is -2.13. The van der Waals surface area contributed by atoms with Gasteiger partial charge >= 0.3 is 0 Å². The molecule has 84 valence electrons. The highest BCUT2D eigenvalue weighted by molar-refractivity contribution is 4.85. The van der Waals surface area contributed by atoms with Crippen molar-refractivity contribution in [3.63, 3.8) is 0 Å². The molecule has 3 heteroatoms. The van der Waals surface area contributed by atoms with Crippen molar-refractivity contribution in [1.29, 1.82) is 0 Å². The molecule has 0 atom stereocenters. The van der Waals surface area contributed by atoms with Crippen LogP contribution in [-0.4, -0.2) is 45.4 Å². The Morgan fingerprint density at radius 3 is 2.36 bits per heavy atom. The molecular formula is C11H23NO2. The first kappa shape index (κ1) is 13.5. The Hall–Kier alpha value is -0.540. The molecule has 3 nitrogen and oxygen atoms in total. The Bertz CT molecular complexity index is 155. The predicted octanol–water partition coefficient (Wildman–Crippen LogP) is 1.75. The number of hydrogen-bond donors (Lipinski definition) is 0. The van der Waals surface area contributed by atoms with E-state index in [4.69, 9.17) is 9.47 Å². The number of allylic oxidation sites excluding steroid dienone is 1. The number of rotatable bonds is 8. The SMILES string of the molecule is C=C(OCCOCCN(C)C)C(C)C. The van der Waals surface area contributed by atoms with E-state index in [0.717, 1.165) is 18.9 Å². The quantitative estimate of drug-likeness (QED) is 0.441. The lowest BCUT2D eigenvalue weighted by atomic mass is 10.2. The first-order valence-corrected chi connectivity index (χ1v) is 5.08. The lowest BCUT2D eigenvalue weighted by molar-refractivity contribution is 0.0624. The fourth-order valence-electron chi connectivity index (χ4n) is 0.748. The maximum Gasteiger partial charge on any atom is 0.111 e. The smallest absolute Gasteiger partial charge is 0.111 e. The second-order valence-corrected chi connectivity index (χ2v) is 3.89. The Labute approximate surface area is 87.7 Å². The van der Waals surface area contributed by atoms with Crippen LogP contribution >= 0.6 is 0 Å². The molecule has 0 rings (SSSR count). The molecule has 0 aromatic heterocycles. The third-order valence-corrected chi connectivity index (χ3v) is 1.84. The normalized spacial score (nSPS) is 11.0. The zero-order chi connectivity index (χ0) is 11.0. The summed E-state index contributed by atoms with van der Waals surface area (Å²) in [5.74, 6) is 1.22. The van der Waals surface area contributed by atoms with E-state index in [2.05, 4.69) is 25.3 Å². The Kier molecular flexibility index (Phi) is 7.52. The van der Waals surface area contributed by atoms with Crippen LogP contribution in [0.3, 0.4) is 0 Å². The van der Waals surface area contributed by atoms with Gasteiger partial charge in [-0.25, -0.2) is 0 Å². The van der Waals surface area contributed by atoms with Gasteiger partial charge in [0, 0.05) is 12.5 Å². The summed E-state index contributed by atoms with van der Waals surface area (Å²) in [5, 5.41) is 0. The molecule has 0 heterocycles. The van der Waals surface area contributed by atoms with Gasteiger partial charge in [-0.05, 0) is 14.1 Å². The molecule has 0 unspecified atom stereocenters. The topological polar surface area (TPSA) is 21.7 Å². The Balaban J connectivity index is 3.18. The molecule has 0 aliphatic heterocycles. The fraction of sp³-hybridized carbons (Fsp3) is 0.818. The summed E-state index contributed by atoms with van der Waals surface area (Å²) in [5.41, 5.74) is 0. The molecule has 0 saturated heterocycles. The fourth-order valence-corrected chi connectivity index (χ4v) is 0.748. The van der Waals surface area contributed by atoms with Crippen molar-refractivity contribution in [2.75, 3.05) is 40.5 Å². The Morgan fingerprint density at radius 1 is 1.21 bits per heavy atom. The van der Waals surface area contributed by atoms with Crippen molar-refractivity contribution in [3.8, 4) is 0 Å². The average molecular weight is 201 g/mol. The molecule has 0 aromatic rings. The summed E-state index contributed by atoms with van der Waals surface area (Å²) in [6.45, 7) is 10.9. The molecule has 0 radical (unpaired) electrons. The maximum absolute atomic E-state index is 5.38. The highest BCUT2D eigenvalue weighted by Gasteiger charge is 2.00. The molecule has 0 saturated carbocycles. The first-order valence-electron chi connectivity index (χ1n) is 5.08. The van der Waals surface area contributed by atoms with Crippen LogP contribution in [0.5, 0.6) is 0 Å². The molecule has 0 N–H and O–H groups in total. The second kappa shape index (κ2) is 7.83. The van der Waals surface area contributed by atoms with Gasteiger partial charge in [-0.1, -0.05) is 20.4 Å². The maximum atomic E-state index is 5.38. The van der Waals surface area contributed by atoms with E-state index >= 15 is 0 Å². The summed E-state index contributed by atoms with van der Waals surface area (Å²) in [6, 6.07) is 0. The predicted molar refractivity (Wildman–Crippen MR) is 59.3 cm³/mol. The van der Waals surface area contributed by atoms with Crippen molar-refractivity contribution in [1.82, 2.24) is 4.90 Å². The van der Waals surface area contributed by atoms with E-state index < -0.39 is 0 Å². The van der Waals surface area contributed by atoms with Gasteiger partial charge in [0.25, 0.3) is 0 Å². The summed E-state index contributed by atoms with van der Waals surface area (Å²) < 4.78 is 10.7. The highest BCUT2D eigenvalue weighted by Crippen LogP contribution is 2.06. The van der Waals surface area contributed by atoms with E-state index in [1.165, 1.54) is 0 Å². The van der Waals surface area contributed by atoms with E-state index in [1.54, 1.807) is 0 Å². The van der Waals surface area contributed by atoms with Crippen molar-refractivity contribution in [2.45, 2.75) is 13.8 Å². The molecule has 0 spiro atoms. The molecule has 0 aromatic carbocycles. The van der Waals surface area contributed by atoms with Crippen LogP contribution < -0.4 is 0 Å². The van der Waals surface area contributed by atoms with Gasteiger partial charge in [-0.2, -0.15) is 0 Å². The van der Waals surface area contributed by atoms with Crippen molar-refractivity contribution < 1.29 is 9.47 Å². The second-order valence-electron chi connectivity index (χ2n) is 3.89. The van der Waals surface area contributed by atoms with Gasteiger partial charge in [0.15, 0.2) is 0 Å². The van der Waals surface area contributed by atoms with Gasteiger partial charge in [0.05, 0.1) is 19.0 Å². The van der Waals surface area contributed by atoms with E-state index in [0.29, 0.717) is 19.1 Å². The van der Waals surface area contributed by atoms with Crippen LogP contribution in [0.15, 0.2) is 12.3 Å². The van der Waals surface area contributed by atoms with Crippen LogP contribution in [0.4, 0.5) is 0 Å². The summed E-state index contributed by atoms with van der Waals surface area (Å²) in [7, 11) is 4.06. The van der Waals surface area contributed by atoms with E-state index in [-0.39, 0.29) is 0 Å². The monoisotopic (exact) mass is 201 g/mol. The average Bonchev–Trinajstić information content (AvgIpc) is 2.09. The van der Waals surface area contributed by atoms with Gasteiger partial charge in [0.1, 0.15) is 6.61 Å². The zero-order valence-electron chi connectivity index (χ0n) is 9.88. The van der Waals surface area contributed by atoms with Crippen LogP contribution in [-0.2, 0) is 9.47 Å². The number of nitrogens with zero attached hydrogens (tertiary/aromatic N) is 1. The lowest BCUT2D eigenvalue weighted by Crippen LogP contribution is -2.19. The first-order chi connectivity index (χ1) is 6.54. The van der Waals surface area contributed by atoms with Crippen LogP contribution in [0.1, 0.15) is 13.8 Å². The molecular weight excluding hydrogens is 178 g/mol. The number of ether oxygens (including phenoxy) is 2. The Morgan fingerprint density at radius 2 is 1.86 bits per heavy atom. The number of likely N-dealkylation sites (N-methyl/N-ethyl adjacent to an activating group) is 1. The van der Waals surface area contributed by atoms with Gasteiger partial charge in [-0.3, -0.25) is 0 Å². The summed E-state index contributed by atoms with van der Waals surface area (Å²) in [4.78, 5) is 2.09. The van der Waals surface area contributed by atoms with Crippen LogP contribution in [0.2, 0.25) is 0 Å². The number of hydrogen-bond acceptors (Lipinski definition) is 3. The third-order valence-electron chi connectivity index (χ3n) is 1.84. The van der Waals surface area contributed by atoms with Gasteiger partial charge in [-0.15, -0.1) is 0 Å². The standard InChI is InChI=1S/C11H23NO2/c1-10(2)11(3)14-9-8-13-7-6-12(4)5/h10H,3,6-9H2,1-2,4-5H3. The minimum Gasteiger partial charge on any atom is -0.496 e. The van der Waals surface area contributed by atoms with Gasteiger partial charge in [0.2, 0.25) is 0 Å². The molecule has 0 amide bonds. The zero-order valence-corrected chi connectivity index (χ0v) is 9.88. The molecule has 0 aliphatic rings. The van der Waals surface area contributed by atoms with Crippen molar-refractivity contribution in [2.24, 2.45) is 5.92 Å². The van der Waals surface area contributed by atoms with Gasteiger partial charge < -0.3 is 14.4 Å². The van der Waals surface area contributed by atoms with E-state index in [1.807, 2.05) is 14.1 Å². The summed E-state index contributed by atoms with van der Waals surface area (Å²) >= 11 is 0. The highest BCUT2D eigenvalue weighted by atomic mass is 16.5.